The summed E-state index contributed by atoms with van der Waals surface area (Å²) >= 11 is 3.33. The van der Waals surface area contributed by atoms with Crippen LogP contribution in [0.25, 0.3) is 0 Å². The van der Waals surface area contributed by atoms with Crippen molar-refractivity contribution >= 4 is 33.2 Å². The molecule has 0 saturated heterocycles. The van der Waals surface area contributed by atoms with E-state index in [1.807, 2.05) is 18.2 Å². The molecule has 1 amide bonds. The van der Waals surface area contributed by atoms with E-state index in [0.29, 0.717) is 5.71 Å². The lowest BCUT2D eigenvalue weighted by Gasteiger charge is -1.97. The van der Waals surface area contributed by atoms with Gasteiger partial charge in [0, 0.05) is 10.0 Å². The number of fused-ring (bicyclic) bond motifs is 1. The zero-order valence-electron chi connectivity index (χ0n) is 7.37. The molecule has 72 valence electrons. The molecule has 0 spiro atoms. The summed E-state index contributed by atoms with van der Waals surface area (Å²) in [6, 6.07) is 5.50. The first-order valence-electron chi connectivity index (χ1n) is 3.95. The molecule has 1 heterocycles. The van der Waals surface area contributed by atoms with E-state index < -0.39 is 0 Å². The number of anilines is 1. The molecule has 0 unspecified atom stereocenters. The highest BCUT2D eigenvalue weighted by molar-refractivity contribution is 9.10. The lowest BCUT2D eigenvalue weighted by molar-refractivity contribution is -0.110. The molecule has 1 aliphatic heterocycles. The van der Waals surface area contributed by atoms with Crippen LogP contribution in [0.1, 0.15) is 5.56 Å². The first kappa shape index (κ1) is 9.21. The van der Waals surface area contributed by atoms with Gasteiger partial charge in [0.1, 0.15) is 7.11 Å². The number of carbonyl (C=O) groups excluding carboxylic acids is 1. The fraction of sp³-hybridized carbons (Fsp3) is 0.111. The summed E-state index contributed by atoms with van der Waals surface area (Å²) in [6.07, 6.45) is 0. The second-order valence-corrected chi connectivity index (χ2v) is 3.68. The summed E-state index contributed by atoms with van der Waals surface area (Å²) in [5, 5.41) is 6.36. The van der Waals surface area contributed by atoms with Gasteiger partial charge in [-0.25, -0.2) is 0 Å². The van der Waals surface area contributed by atoms with Crippen molar-refractivity contribution in [2.45, 2.75) is 0 Å². The summed E-state index contributed by atoms with van der Waals surface area (Å²) in [4.78, 5) is 16.0. The molecule has 1 aliphatic rings. The second kappa shape index (κ2) is 3.42. The molecule has 1 aromatic carbocycles. The Morgan fingerprint density at radius 1 is 1.50 bits per heavy atom. The van der Waals surface area contributed by atoms with E-state index in [1.54, 1.807) is 0 Å². The molecule has 0 aromatic heterocycles. The number of carbonyl (C=O) groups is 1. The number of benzene rings is 1. The first-order valence-corrected chi connectivity index (χ1v) is 4.74. The molecule has 0 aliphatic carbocycles. The van der Waals surface area contributed by atoms with Crippen molar-refractivity contribution in [3.05, 3.63) is 28.2 Å². The molecule has 2 rings (SSSR count). The fourth-order valence-electron chi connectivity index (χ4n) is 1.31. The Bertz CT molecular complexity index is 429. The number of halogens is 1. The molecular weight excluding hydrogens is 248 g/mol. The topological polar surface area (TPSA) is 50.7 Å². The highest BCUT2D eigenvalue weighted by atomic mass is 79.9. The standard InChI is InChI=1S/C9H7BrN2O2/c1-14-12-8-6-4-5(10)2-3-7(6)11-9(8)13/h2-4H,1H3,(H,11,12,13). The number of oxime groups is 1. The quantitative estimate of drug-likeness (QED) is 0.777. The summed E-state index contributed by atoms with van der Waals surface area (Å²) in [6.45, 7) is 0. The van der Waals surface area contributed by atoms with Gasteiger partial charge in [0.15, 0.2) is 5.71 Å². The molecule has 1 aromatic rings. The number of nitrogens with zero attached hydrogens (tertiary/aromatic N) is 1. The zero-order valence-corrected chi connectivity index (χ0v) is 8.96. The number of rotatable bonds is 1. The molecule has 0 radical (unpaired) electrons. The highest BCUT2D eigenvalue weighted by Gasteiger charge is 2.26. The minimum atomic E-state index is -0.236. The van der Waals surface area contributed by atoms with Gasteiger partial charge >= 0.3 is 0 Å². The van der Waals surface area contributed by atoms with Crippen LogP contribution in [-0.2, 0) is 9.63 Å². The van der Waals surface area contributed by atoms with Crippen molar-refractivity contribution in [2.24, 2.45) is 5.16 Å². The van der Waals surface area contributed by atoms with Crippen LogP contribution in [0.5, 0.6) is 0 Å². The van der Waals surface area contributed by atoms with Crippen molar-refractivity contribution in [2.75, 3.05) is 12.4 Å². The Morgan fingerprint density at radius 3 is 3.00 bits per heavy atom. The minimum Gasteiger partial charge on any atom is -0.398 e. The molecule has 4 nitrogen and oxygen atoms in total. The van der Waals surface area contributed by atoms with Crippen molar-refractivity contribution in [1.82, 2.24) is 0 Å². The fourth-order valence-corrected chi connectivity index (χ4v) is 1.67. The van der Waals surface area contributed by atoms with E-state index in [1.165, 1.54) is 7.11 Å². The van der Waals surface area contributed by atoms with Crippen LogP contribution in [0, 0.1) is 0 Å². The van der Waals surface area contributed by atoms with Gasteiger partial charge in [-0.2, -0.15) is 0 Å². The Labute approximate surface area is 89.1 Å². The van der Waals surface area contributed by atoms with Crippen LogP contribution < -0.4 is 5.32 Å². The Morgan fingerprint density at radius 2 is 2.29 bits per heavy atom. The third kappa shape index (κ3) is 1.39. The van der Waals surface area contributed by atoms with Gasteiger partial charge in [-0.1, -0.05) is 21.1 Å². The molecule has 0 saturated carbocycles. The average Bonchev–Trinajstić information content (AvgIpc) is 2.45. The van der Waals surface area contributed by atoms with Crippen molar-refractivity contribution in [1.29, 1.82) is 0 Å². The number of nitrogens with one attached hydrogen (secondary N) is 1. The molecule has 5 heteroatoms. The summed E-state index contributed by atoms with van der Waals surface area (Å²) in [7, 11) is 1.41. The number of amides is 1. The maximum atomic E-state index is 11.4. The Hall–Kier alpha value is -1.36. The Kier molecular flexibility index (Phi) is 2.25. The van der Waals surface area contributed by atoms with Gasteiger partial charge in [0.2, 0.25) is 0 Å². The van der Waals surface area contributed by atoms with Gasteiger partial charge in [0.05, 0.1) is 5.69 Å². The van der Waals surface area contributed by atoms with E-state index in [2.05, 4.69) is 31.2 Å². The van der Waals surface area contributed by atoms with Gasteiger partial charge < -0.3 is 10.2 Å². The van der Waals surface area contributed by atoms with E-state index in [-0.39, 0.29) is 5.91 Å². The maximum Gasteiger partial charge on any atom is 0.278 e. The van der Waals surface area contributed by atoms with Gasteiger partial charge in [-0.05, 0) is 18.2 Å². The lowest BCUT2D eigenvalue weighted by atomic mass is 10.1. The van der Waals surface area contributed by atoms with Crippen molar-refractivity contribution in [3.8, 4) is 0 Å². The summed E-state index contributed by atoms with van der Waals surface area (Å²) < 4.78 is 0.900. The van der Waals surface area contributed by atoms with Crippen LogP contribution in [0.3, 0.4) is 0 Å². The van der Waals surface area contributed by atoms with Crippen LogP contribution >= 0.6 is 15.9 Å². The highest BCUT2D eigenvalue weighted by Crippen LogP contribution is 2.26. The van der Waals surface area contributed by atoms with Gasteiger partial charge in [-0.3, -0.25) is 4.79 Å². The number of hydrogen-bond donors (Lipinski definition) is 1. The third-order valence-corrected chi connectivity index (χ3v) is 2.38. The normalized spacial score (nSPS) is 16.7. The molecule has 0 atom stereocenters. The molecule has 0 fully saturated rings. The van der Waals surface area contributed by atoms with E-state index >= 15 is 0 Å². The third-order valence-electron chi connectivity index (χ3n) is 1.88. The van der Waals surface area contributed by atoms with Crippen LogP contribution in [0.15, 0.2) is 27.8 Å². The van der Waals surface area contributed by atoms with Crippen molar-refractivity contribution < 1.29 is 9.63 Å². The largest absolute Gasteiger partial charge is 0.398 e. The maximum absolute atomic E-state index is 11.4. The molecule has 14 heavy (non-hydrogen) atoms. The van der Waals surface area contributed by atoms with Crippen LogP contribution in [0.4, 0.5) is 5.69 Å². The van der Waals surface area contributed by atoms with Gasteiger partial charge in [-0.15, -0.1) is 0 Å². The van der Waals surface area contributed by atoms with E-state index in [0.717, 1.165) is 15.7 Å². The number of hydrogen-bond acceptors (Lipinski definition) is 3. The molecule has 1 N–H and O–H groups in total. The molecular formula is C9H7BrN2O2. The minimum absolute atomic E-state index is 0.236. The predicted octanol–water partition coefficient (Wildman–Crippen LogP) is 1.75. The lowest BCUT2D eigenvalue weighted by Crippen LogP contribution is -2.14. The SMILES string of the molecule is CO/N=C1/C(=O)Nc2ccc(Br)cc21. The van der Waals surface area contributed by atoms with E-state index in [4.69, 9.17) is 0 Å². The second-order valence-electron chi connectivity index (χ2n) is 2.77. The smallest absolute Gasteiger partial charge is 0.278 e. The summed E-state index contributed by atoms with van der Waals surface area (Å²) in [5.41, 5.74) is 1.82. The van der Waals surface area contributed by atoms with Gasteiger partial charge in [0.25, 0.3) is 5.91 Å². The monoisotopic (exact) mass is 254 g/mol. The zero-order chi connectivity index (χ0) is 10.1. The Balaban J connectivity index is 2.55. The first-order chi connectivity index (χ1) is 6.72. The average molecular weight is 255 g/mol. The van der Waals surface area contributed by atoms with Crippen LogP contribution in [-0.4, -0.2) is 18.7 Å². The van der Waals surface area contributed by atoms with Crippen molar-refractivity contribution in [3.63, 3.8) is 0 Å². The molecule has 0 bridgehead atoms. The van der Waals surface area contributed by atoms with E-state index in [9.17, 15) is 4.79 Å². The predicted molar refractivity (Wildman–Crippen MR) is 56.3 cm³/mol. The summed E-state index contributed by atoms with van der Waals surface area (Å²) in [5.74, 6) is -0.236. The van der Waals surface area contributed by atoms with Crippen LogP contribution in [0.2, 0.25) is 0 Å².